The molecule has 4 nitrogen and oxygen atoms in total. The van der Waals surface area contributed by atoms with Crippen molar-refractivity contribution in [3.63, 3.8) is 0 Å². The molecule has 13 rings (SSSR count). The summed E-state index contributed by atoms with van der Waals surface area (Å²) in [4.78, 5) is 4.69. The van der Waals surface area contributed by atoms with Crippen molar-refractivity contribution >= 4 is 88.4 Å². The first-order valence-electron chi connectivity index (χ1n) is 27.8. The number of phenolic OH excluding ortho intramolecular Hbond substituents is 1. The molecule has 0 spiro atoms. The van der Waals surface area contributed by atoms with E-state index in [1.807, 2.05) is 6.07 Å². The molecule has 0 saturated heterocycles. The highest BCUT2D eigenvalue weighted by Gasteiger charge is 2.28. The van der Waals surface area contributed by atoms with E-state index in [9.17, 15) is 5.11 Å². The molecule has 1 heterocycles. The van der Waals surface area contributed by atoms with Gasteiger partial charge in [-0.3, -0.25) is 0 Å². The largest absolute Gasteiger partial charge is 0.505 e. The topological polar surface area (TPSA) is 39.9 Å². The van der Waals surface area contributed by atoms with Crippen molar-refractivity contribution in [1.29, 1.82) is 0 Å². The number of aromatic hydroxyl groups is 1. The zero-order valence-electron chi connectivity index (χ0n) is 46.3. The molecule has 0 amide bonds. The van der Waals surface area contributed by atoms with E-state index >= 15 is 0 Å². The van der Waals surface area contributed by atoms with E-state index in [0.717, 1.165) is 106 Å². The van der Waals surface area contributed by atoms with Gasteiger partial charge in [0.2, 0.25) is 0 Å². The number of para-hydroxylation sites is 3. The molecule has 0 atom stereocenters. The number of fused-ring (bicyclic) bond motifs is 3. The van der Waals surface area contributed by atoms with Gasteiger partial charge in [-0.15, -0.1) is 0 Å². The molecule has 0 saturated carbocycles. The van der Waals surface area contributed by atoms with Crippen molar-refractivity contribution in [3.05, 3.63) is 247 Å². The SMILES string of the molecule is CCc1ccccc1-c1cccc2c1oc1c(N(c3cccc(C(C)(C)C)c3)c3ccc4ccc5c(N(c6cccc(C(C)(C)C)c6)c6cccc(-c7cccc(-c8ccccc8C)c7)c6O)ccc6ccc3c4c65)cccc12. The molecule has 1 aromatic heterocycles. The molecule has 0 aliphatic carbocycles. The van der Waals surface area contributed by atoms with Gasteiger partial charge in [-0.25, -0.2) is 0 Å². The zero-order valence-corrected chi connectivity index (χ0v) is 46.3. The minimum Gasteiger partial charge on any atom is -0.505 e. The van der Waals surface area contributed by atoms with Crippen LogP contribution in [0.2, 0.25) is 0 Å². The summed E-state index contributed by atoms with van der Waals surface area (Å²) in [5.41, 5.74) is 18.5. The number of hydrogen-bond acceptors (Lipinski definition) is 4. The maximum Gasteiger partial charge on any atom is 0.159 e. The van der Waals surface area contributed by atoms with E-state index in [4.69, 9.17) is 4.42 Å². The zero-order chi connectivity index (χ0) is 54.3. The van der Waals surface area contributed by atoms with E-state index in [0.29, 0.717) is 5.69 Å². The molecule has 386 valence electrons. The highest BCUT2D eigenvalue weighted by Crippen LogP contribution is 2.52. The summed E-state index contributed by atoms with van der Waals surface area (Å²) in [5.74, 6) is 0.216. The number of anilines is 6. The van der Waals surface area contributed by atoms with Gasteiger partial charge in [-0.05, 0) is 145 Å². The number of rotatable bonds is 10. The molecule has 0 fully saturated rings. The van der Waals surface area contributed by atoms with E-state index in [-0.39, 0.29) is 16.6 Å². The van der Waals surface area contributed by atoms with Crippen LogP contribution in [0.25, 0.3) is 87.6 Å². The Bertz CT molecular complexity index is 4490. The monoisotopic (exact) mass is 1020 g/mol. The van der Waals surface area contributed by atoms with Crippen LogP contribution < -0.4 is 9.80 Å². The maximum absolute atomic E-state index is 12.9. The minimum absolute atomic E-state index is 0.0920. The third-order valence-electron chi connectivity index (χ3n) is 16.4. The number of benzene rings is 12. The fourth-order valence-electron chi connectivity index (χ4n) is 12.2. The molecule has 0 aliphatic heterocycles. The standard InChI is InChI=1S/C75H64N2O2/c1-9-48-21-11-13-29-58(48)60-31-17-32-61-62-33-19-35-68(73(62)79-72(60)61)77(56-27-16-25-54(46-56)75(6,7)8)66-43-39-50-36-40-63-65(42-38-49-37-41-64(66)70(50)69(49)63)76(55-26-15-24-53(45-55)74(3,4)5)67-34-18-30-59(71(67)78)52-23-14-22-51(44-52)57-28-12-10-20-47(57)2/h10-46,78H,9H2,1-8H3. The quantitative estimate of drug-likeness (QED) is 0.139. The summed E-state index contributed by atoms with van der Waals surface area (Å²) < 4.78 is 7.28. The minimum atomic E-state index is -0.117. The van der Waals surface area contributed by atoms with Crippen LogP contribution in [-0.2, 0) is 17.3 Å². The predicted molar refractivity (Wildman–Crippen MR) is 336 cm³/mol. The van der Waals surface area contributed by atoms with Crippen LogP contribution in [-0.4, -0.2) is 5.11 Å². The van der Waals surface area contributed by atoms with Crippen LogP contribution in [0, 0.1) is 6.92 Å². The molecule has 1 N–H and O–H groups in total. The third-order valence-corrected chi connectivity index (χ3v) is 16.4. The Morgan fingerprint density at radius 2 is 0.873 bits per heavy atom. The second kappa shape index (κ2) is 19.1. The summed E-state index contributed by atoms with van der Waals surface area (Å²) in [7, 11) is 0. The molecule has 79 heavy (non-hydrogen) atoms. The first-order valence-corrected chi connectivity index (χ1v) is 27.8. The van der Waals surface area contributed by atoms with Crippen molar-refractivity contribution in [2.45, 2.75) is 72.6 Å². The first-order chi connectivity index (χ1) is 38.2. The van der Waals surface area contributed by atoms with Gasteiger partial charge in [0.25, 0.3) is 0 Å². The van der Waals surface area contributed by atoms with Gasteiger partial charge in [0.15, 0.2) is 5.58 Å². The average molecular weight is 1030 g/mol. The summed E-state index contributed by atoms with van der Waals surface area (Å²) in [6.45, 7) is 18.0. The van der Waals surface area contributed by atoms with Crippen LogP contribution in [0.4, 0.5) is 34.1 Å². The third kappa shape index (κ3) is 8.46. The van der Waals surface area contributed by atoms with Gasteiger partial charge >= 0.3 is 0 Å². The Hall–Kier alpha value is -9.12. The average Bonchev–Trinajstić information content (AvgIpc) is 4.09. The van der Waals surface area contributed by atoms with E-state index in [2.05, 4.69) is 284 Å². The second-order valence-corrected chi connectivity index (χ2v) is 23.4. The molecule has 0 radical (unpaired) electrons. The van der Waals surface area contributed by atoms with Crippen LogP contribution in [0.5, 0.6) is 5.75 Å². The van der Waals surface area contributed by atoms with Crippen LogP contribution in [0.15, 0.2) is 229 Å². The fourth-order valence-corrected chi connectivity index (χ4v) is 12.2. The van der Waals surface area contributed by atoms with Crippen LogP contribution >= 0.6 is 0 Å². The number of nitrogens with zero attached hydrogens (tertiary/aromatic N) is 2. The Morgan fingerprint density at radius 1 is 0.392 bits per heavy atom. The Kier molecular flexibility index (Phi) is 12.0. The van der Waals surface area contributed by atoms with Crippen molar-refractivity contribution in [1.82, 2.24) is 0 Å². The van der Waals surface area contributed by atoms with Gasteiger partial charge in [-0.1, -0.05) is 218 Å². The van der Waals surface area contributed by atoms with E-state index in [1.165, 1.54) is 38.8 Å². The Balaban J connectivity index is 1.04. The van der Waals surface area contributed by atoms with Gasteiger partial charge in [0.05, 0.1) is 22.7 Å². The van der Waals surface area contributed by atoms with Crippen molar-refractivity contribution in [2.24, 2.45) is 0 Å². The summed E-state index contributed by atoms with van der Waals surface area (Å²) in [6.07, 6.45) is 0.925. The van der Waals surface area contributed by atoms with E-state index < -0.39 is 0 Å². The number of hydrogen-bond donors (Lipinski definition) is 1. The van der Waals surface area contributed by atoms with Crippen LogP contribution in [0.3, 0.4) is 0 Å². The lowest BCUT2D eigenvalue weighted by Gasteiger charge is -2.31. The van der Waals surface area contributed by atoms with Crippen molar-refractivity contribution < 1.29 is 9.52 Å². The fraction of sp³-hybridized carbons (Fsp3) is 0.147. The lowest BCUT2D eigenvalue weighted by atomic mass is 9.86. The molecule has 4 heteroatoms. The lowest BCUT2D eigenvalue weighted by Crippen LogP contribution is -2.15. The molecule has 0 unspecified atom stereocenters. The maximum atomic E-state index is 12.9. The summed E-state index contributed by atoms with van der Waals surface area (Å²) in [6, 6.07) is 81.1. The first kappa shape index (κ1) is 49.5. The van der Waals surface area contributed by atoms with E-state index in [1.54, 1.807) is 0 Å². The van der Waals surface area contributed by atoms with Crippen LogP contribution in [0.1, 0.15) is 70.7 Å². The lowest BCUT2D eigenvalue weighted by molar-refractivity contribution is 0.478. The molecule has 13 aromatic rings. The van der Waals surface area contributed by atoms with Crippen molar-refractivity contribution in [3.8, 4) is 39.1 Å². The van der Waals surface area contributed by atoms with Gasteiger partial charge in [0, 0.05) is 44.0 Å². The number of furan rings is 1. The van der Waals surface area contributed by atoms with Crippen molar-refractivity contribution in [2.75, 3.05) is 9.80 Å². The van der Waals surface area contributed by atoms with Gasteiger partial charge in [0.1, 0.15) is 11.3 Å². The Morgan fingerprint density at radius 3 is 1.49 bits per heavy atom. The smallest absolute Gasteiger partial charge is 0.159 e. The predicted octanol–water partition coefficient (Wildman–Crippen LogP) is 21.6. The molecule has 0 bridgehead atoms. The summed E-state index contributed by atoms with van der Waals surface area (Å²) >= 11 is 0. The normalized spacial score (nSPS) is 12.2. The van der Waals surface area contributed by atoms with Gasteiger partial charge < -0.3 is 19.3 Å². The molecular formula is C75H64N2O2. The summed E-state index contributed by atoms with van der Waals surface area (Å²) in [5, 5.41) is 21.9. The highest BCUT2D eigenvalue weighted by molar-refractivity contribution is 6.28. The number of aryl methyl sites for hydroxylation is 2. The Labute approximate surface area is 463 Å². The van der Waals surface area contributed by atoms with Gasteiger partial charge in [-0.2, -0.15) is 0 Å². The molecule has 0 aliphatic rings. The highest BCUT2D eigenvalue weighted by atomic mass is 16.3. The molecule has 12 aromatic carbocycles. The molecular weight excluding hydrogens is 961 g/mol. The number of phenols is 1. The second-order valence-electron chi connectivity index (χ2n) is 23.4.